The first kappa shape index (κ1) is 35.7. The fraction of sp³-hybridized carbons (Fsp3) is 0.343. The van der Waals surface area contributed by atoms with E-state index in [1.807, 2.05) is 0 Å². The molecule has 9 rings (SSSR count). The first-order valence-corrected chi connectivity index (χ1v) is 18.6. The lowest BCUT2D eigenvalue weighted by molar-refractivity contribution is -0.123. The molecule has 2 aliphatic heterocycles. The lowest BCUT2D eigenvalue weighted by Gasteiger charge is -2.26. The van der Waals surface area contributed by atoms with Crippen LogP contribution in [0.3, 0.4) is 0 Å². The normalized spacial score (nSPS) is 22.2. The Bertz CT molecular complexity index is 2450. The Kier molecular flexibility index (Phi) is 8.11. The van der Waals surface area contributed by atoms with E-state index >= 15 is 8.78 Å². The maximum atomic E-state index is 15.4. The molecule has 286 valence electrons. The number of aromatic nitrogens is 5. The van der Waals surface area contributed by atoms with Gasteiger partial charge in [-0.15, -0.1) is 9.40 Å². The summed E-state index contributed by atoms with van der Waals surface area (Å²) in [6.07, 6.45) is -3.40. The summed E-state index contributed by atoms with van der Waals surface area (Å²) in [6, 6.07) is 6.35. The highest BCUT2D eigenvalue weighted by Crippen LogP contribution is 2.68. The van der Waals surface area contributed by atoms with Crippen LogP contribution in [0.25, 0.3) is 22.0 Å². The highest BCUT2D eigenvalue weighted by molar-refractivity contribution is 8.00. The SMILES string of the molecule is C[C@H]1N(c2nn(C)c3c(-c4cc5c(nc4[C@H](Cc4cc(F)cc(F)c4)NC(=O)Cn4nc(C(F)F)c6c4C(F)(F)C4C[C@H]64)NCC(=O)N5)ccc(Cl)c23)[S+]1[O-]. The lowest BCUT2D eigenvalue weighted by Crippen LogP contribution is -2.35. The van der Waals surface area contributed by atoms with Crippen molar-refractivity contribution in [3.05, 3.63) is 81.3 Å². The third-order valence-corrected chi connectivity index (χ3v) is 12.2. The number of alkyl halides is 4. The van der Waals surface area contributed by atoms with Crippen molar-refractivity contribution in [2.24, 2.45) is 13.0 Å². The molecule has 2 unspecified atom stereocenters. The Morgan fingerprint density at radius 1 is 1.13 bits per heavy atom. The molecule has 2 amide bonds. The van der Waals surface area contributed by atoms with Crippen LogP contribution in [0, 0.1) is 17.6 Å². The molecular weight excluding hydrogens is 776 g/mol. The molecule has 0 bridgehead atoms. The van der Waals surface area contributed by atoms with Gasteiger partial charge in [0.25, 0.3) is 17.7 Å². The van der Waals surface area contributed by atoms with E-state index in [2.05, 4.69) is 26.1 Å². The number of pyridine rings is 1. The summed E-state index contributed by atoms with van der Waals surface area (Å²) in [5.74, 6) is -7.98. The van der Waals surface area contributed by atoms with Crippen LogP contribution in [0.4, 0.5) is 43.7 Å². The van der Waals surface area contributed by atoms with Crippen LogP contribution in [0.5, 0.6) is 0 Å². The Morgan fingerprint density at radius 2 is 1.85 bits per heavy atom. The average molecular weight is 804 g/mol. The van der Waals surface area contributed by atoms with Gasteiger partial charge in [0.1, 0.15) is 40.9 Å². The van der Waals surface area contributed by atoms with Gasteiger partial charge in [0.15, 0.2) is 5.82 Å². The summed E-state index contributed by atoms with van der Waals surface area (Å²) < 4.78 is 104. The lowest BCUT2D eigenvalue weighted by atomic mass is 9.93. The molecule has 20 heteroatoms. The zero-order valence-corrected chi connectivity index (χ0v) is 30.2. The molecule has 5 heterocycles. The molecule has 12 nitrogen and oxygen atoms in total. The minimum Gasteiger partial charge on any atom is -0.591 e. The number of rotatable bonds is 9. The zero-order valence-electron chi connectivity index (χ0n) is 28.6. The molecule has 1 saturated heterocycles. The van der Waals surface area contributed by atoms with Gasteiger partial charge in [-0.2, -0.15) is 13.9 Å². The van der Waals surface area contributed by atoms with Crippen LogP contribution in [-0.4, -0.2) is 52.8 Å². The fourth-order valence-electron chi connectivity index (χ4n) is 7.94. The molecule has 1 saturated carbocycles. The summed E-state index contributed by atoms with van der Waals surface area (Å²) in [5, 5.41) is 17.2. The van der Waals surface area contributed by atoms with Gasteiger partial charge in [-0.3, -0.25) is 19.0 Å². The number of hydrogen-bond donors (Lipinski definition) is 3. The number of fused-ring (bicyclic) bond motifs is 5. The van der Waals surface area contributed by atoms with E-state index in [1.54, 1.807) is 36.5 Å². The predicted octanol–water partition coefficient (Wildman–Crippen LogP) is 6.20. The summed E-state index contributed by atoms with van der Waals surface area (Å²) in [7, 11) is 1.64. The van der Waals surface area contributed by atoms with E-state index in [0.717, 1.165) is 12.1 Å². The smallest absolute Gasteiger partial charge is 0.293 e. The maximum Gasteiger partial charge on any atom is 0.293 e. The van der Waals surface area contributed by atoms with Gasteiger partial charge in [-0.25, -0.2) is 22.5 Å². The van der Waals surface area contributed by atoms with E-state index in [1.165, 1.54) is 4.68 Å². The topological polar surface area (TPSA) is 145 Å². The van der Waals surface area contributed by atoms with Gasteiger partial charge >= 0.3 is 0 Å². The monoisotopic (exact) mass is 803 g/mol. The number of hydrogen-bond acceptors (Lipinski definition) is 8. The van der Waals surface area contributed by atoms with Crippen LogP contribution in [0.2, 0.25) is 5.02 Å². The minimum absolute atomic E-state index is 0.0379. The minimum atomic E-state index is -3.48. The van der Waals surface area contributed by atoms with Gasteiger partial charge < -0.3 is 20.5 Å². The number of aryl methyl sites for hydroxylation is 1. The third-order valence-electron chi connectivity index (χ3n) is 10.4. The van der Waals surface area contributed by atoms with Gasteiger partial charge in [0, 0.05) is 42.6 Å². The Balaban J connectivity index is 1.18. The molecule has 4 aliphatic rings. The molecule has 55 heavy (non-hydrogen) atoms. The molecule has 5 atom stereocenters. The fourth-order valence-corrected chi connectivity index (χ4v) is 9.12. The van der Waals surface area contributed by atoms with E-state index in [-0.39, 0.29) is 64.0 Å². The van der Waals surface area contributed by atoms with Gasteiger partial charge in [-0.05, 0) is 48.6 Å². The van der Waals surface area contributed by atoms with Crippen LogP contribution >= 0.6 is 11.6 Å². The van der Waals surface area contributed by atoms with Gasteiger partial charge in [0.05, 0.1) is 39.9 Å². The first-order valence-electron chi connectivity index (χ1n) is 17.1. The zero-order chi connectivity index (χ0) is 38.8. The Labute approximate surface area is 315 Å². The highest BCUT2D eigenvalue weighted by Gasteiger charge is 2.67. The van der Waals surface area contributed by atoms with Crippen LogP contribution in [-0.2, 0) is 46.9 Å². The molecule has 2 aliphatic carbocycles. The summed E-state index contributed by atoms with van der Waals surface area (Å²) in [6.45, 7) is 0.724. The van der Waals surface area contributed by atoms with Gasteiger partial charge in [0.2, 0.25) is 17.6 Å². The van der Waals surface area contributed by atoms with Crippen LogP contribution in [0.15, 0.2) is 36.4 Å². The molecule has 0 spiro atoms. The van der Waals surface area contributed by atoms with Crippen molar-refractivity contribution in [2.75, 3.05) is 21.5 Å². The highest BCUT2D eigenvalue weighted by atomic mass is 35.5. The molecule has 2 aromatic carbocycles. The molecule has 5 aromatic rings. The molecule has 0 radical (unpaired) electrons. The van der Waals surface area contributed by atoms with Crippen molar-refractivity contribution in [2.45, 2.75) is 56.0 Å². The number of nitrogens with zero attached hydrogens (tertiary/aromatic N) is 6. The molecule has 3 N–H and O–H groups in total. The number of anilines is 3. The summed E-state index contributed by atoms with van der Waals surface area (Å²) in [5.41, 5.74) is -0.124. The van der Waals surface area contributed by atoms with Crippen LogP contribution in [0.1, 0.15) is 59.9 Å². The van der Waals surface area contributed by atoms with Gasteiger partial charge in [-0.1, -0.05) is 17.7 Å². The number of carbonyl (C=O) groups is 2. The number of nitrogens with one attached hydrogen (secondary N) is 3. The molecular formula is C35H28ClF6N9O3S. The van der Waals surface area contributed by atoms with Crippen molar-refractivity contribution in [1.29, 1.82) is 0 Å². The number of benzene rings is 2. The first-order chi connectivity index (χ1) is 26.1. The second-order valence-electron chi connectivity index (χ2n) is 14.0. The van der Waals surface area contributed by atoms with Crippen molar-refractivity contribution < 1.29 is 40.5 Å². The van der Waals surface area contributed by atoms with E-state index in [0.29, 0.717) is 38.6 Å². The van der Waals surface area contributed by atoms with Crippen molar-refractivity contribution in [1.82, 2.24) is 29.9 Å². The van der Waals surface area contributed by atoms with Crippen molar-refractivity contribution in [3.63, 3.8) is 0 Å². The number of carbonyl (C=O) groups excluding carboxylic acids is 2. The number of amides is 2. The summed E-state index contributed by atoms with van der Waals surface area (Å²) >= 11 is 5.37. The van der Waals surface area contributed by atoms with E-state index < -0.39 is 77.1 Å². The Morgan fingerprint density at radius 3 is 2.55 bits per heavy atom. The predicted molar refractivity (Wildman–Crippen MR) is 189 cm³/mol. The molecule has 2 fully saturated rings. The van der Waals surface area contributed by atoms with Crippen LogP contribution < -0.4 is 20.3 Å². The maximum absolute atomic E-state index is 15.4. The second-order valence-corrected chi connectivity index (χ2v) is 16.0. The Hall–Kier alpha value is -5.01. The van der Waals surface area contributed by atoms with E-state index in [9.17, 15) is 31.7 Å². The van der Waals surface area contributed by atoms with E-state index in [4.69, 9.17) is 16.6 Å². The van der Waals surface area contributed by atoms with Crippen molar-refractivity contribution in [3.8, 4) is 11.1 Å². The van der Waals surface area contributed by atoms with Crippen molar-refractivity contribution >= 4 is 63.0 Å². The third kappa shape index (κ3) is 5.76. The summed E-state index contributed by atoms with van der Waals surface area (Å²) in [4.78, 5) is 31.2. The average Bonchev–Trinajstić information content (AvgIpc) is 3.90. The number of halogens is 7. The molecule has 3 aromatic heterocycles. The largest absolute Gasteiger partial charge is 0.591 e. The quantitative estimate of drug-likeness (QED) is 0.0908. The standard InChI is InChI=1S/C35H28ClF6N9O3S/c1-13-51(55(13)54)34-27-21(36)4-3-17(30(27)49(2)48-34)18-10-23-33(43-11-24(52)45-23)46-28(18)22(7-14-5-15(37)8-16(38)6-14)44-25(53)12-50-31-26(29(47-50)32(39)40)19-9-20(19)35(31,41)42/h3-6,8,10,13,19-20,22,32H,7,9,11-12H2,1-2H3,(H,43,46)(H,44,53)(H,45,52)/t13-,19-,20?,22-,51?,55?/m0/s1. The second kappa shape index (κ2) is 12.5.